The van der Waals surface area contributed by atoms with E-state index in [9.17, 15) is 0 Å². The topological polar surface area (TPSA) is 24.5 Å². The van der Waals surface area contributed by atoms with Gasteiger partial charge in [0.1, 0.15) is 12.4 Å². The first-order valence-electron chi connectivity index (χ1n) is 7.14. The minimum atomic E-state index is 0. The zero-order valence-corrected chi connectivity index (χ0v) is 15.4. The standard InChI is InChI=1S/C15H22BrClN2O.ClH/c1-18-11-12-4-6-19(7-5-12)8-9-20-15-3-2-13(17)10-14(15)16;/h2-3,10,12,18H,4-9,11H2,1H3;1H. The van der Waals surface area contributed by atoms with Gasteiger partial charge in [-0.15, -0.1) is 12.4 Å². The second-order valence-electron chi connectivity index (χ2n) is 5.27. The van der Waals surface area contributed by atoms with E-state index in [0.29, 0.717) is 0 Å². The lowest BCUT2D eigenvalue weighted by atomic mass is 9.97. The molecule has 1 fully saturated rings. The normalized spacial score (nSPS) is 16.5. The molecule has 0 aliphatic carbocycles. The first-order valence-corrected chi connectivity index (χ1v) is 8.31. The van der Waals surface area contributed by atoms with Crippen molar-refractivity contribution in [2.24, 2.45) is 5.92 Å². The van der Waals surface area contributed by atoms with Crippen molar-refractivity contribution >= 4 is 39.9 Å². The number of piperidine rings is 1. The lowest BCUT2D eigenvalue weighted by Crippen LogP contribution is -2.38. The van der Waals surface area contributed by atoms with E-state index in [4.69, 9.17) is 16.3 Å². The summed E-state index contributed by atoms with van der Waals surface area (Å²) in [5, 5.41) is 3.99. The monoisotopic (exact) mass is 396 g/mol. The van der Waals surface area contributed by atoms with Gasteiger partial charge in [-0.05, 0) is 79.6 Å². The molecule has 0 saturated carbocycles. The highest BCUT2D eigenvalue weighted by Crippen LogP contribution is 2.28. The Bertz CT molecular complexity index is 426. The Labute approximate surface area is 146 Å². The Kier molecular flexibility index (Phi) is 8.98. The molecule has 0 unspecified atom stereocenters. The fourth-order valence-corrected chi connectivity index (χ4v) is 3.38. The third kappa shape index (κ3) is 6.33. The average molecular weight is 398 g/mol. The van der Waals surface area contributed by atoms with E-state index in [1.54, 1.807) is 0 Å². The Balaban J connectivity index is 0.00000220. The summed E-state index contributed by atoms with van der Waals surface area (Å²) in [4.78, 5) is 2.48. The van der Waals surface area contributed by atoms with Crippen LogP contribution in [0.15, 0.2) is 22.7 Å². The molecule has 1 aromatic carbocycles. The first kappa shape index (κ1) is 19.0. The molecule has 0 aromatic heterocycles. The molecule has 0 bridgehead atoms. The number of ether oxygens (including phenoxy) is 1. The Morgan fingerprint density at radius 2 is 2.10 bits per heavy atom. The van der Waals surface area contributed by atoms with Crippen molar-refractivity contribution in [1.29, 1.82) is 0 Å². The van der Waals surface area contributed by atoms with E-state index in [1.807, 2.05) is 25.2 Å². The van der Waals surface area contributed by atoms with Crippen LogP contribution in [0.5, 0.6) is 5.75 Å². The van der Waals surface area contributed by atoms with Crippen molar-refractivity contribution in [3.05, 3.63) is 27.7 Å². The van der Waals surface area contributed by atoms with Crippen LogP contribution in [-0.2, 0) is 0 Å². The lowest BCUT2D eigenvalue weighted by Gasteiger charge is -2.31. The molecule has 3 nitrogen and oxygen atoms in total. The summed E-state index contributed by atoms with van der Waals surface area (Å²) in [7, 11) is 2.03. The zero-order chi connectivity index (χ0) is 14.4. The van der Waals surface area contributed by atoms with E-state index in [-0.39, 0.29) is 12.4 Å². The summed E-state index contributed by atoms with van der Waals surface area (Å²) in [5.41, 5.74) is 0. The molecule has 1 N–H and O–H groups in total. The maximum atomic E-state index is 5.91. The summed E-state index contributed by atoms with van der Waals surface area (Å²) in [6.07, 6.45) is 2.57. The number of hydrogen-bond acceptors (Lipinski definition) is 3. The van der Waals surface area contributed by atoms with Crippen LogP contribution in [-0.4, -0.2) is 44.7 Å². The Hall–Kier alpha value is -0.0000000000000000555. The number of nitrogens with zero attached hydrogens (tertiary/aromatic N) is 1. The number of likely N-dealkylation sites (tertiary alicyclic amines) is 1. The second-order valence-corrected chi connectivity index (χ2v) is 6.56. The van der Waals surface area contributed by atoms with Crippen LogP contribution in [0.4, 0.5) is 0 Å². The molecule has 120 valence electrons. The maximum Gasteiger partial charge on any atom is 0.133 e. The summed E-state index contributed by atoms with van der Waals surface area (Å²) >= 11 is 9.38. The molecule has 1 aromatic rings. The minimum Gasteiger partial charge on any atom is -0.491 e. The molecule has 0 atom stereocenters. The Morgan fingerprint density at radius 1 is 1.38 bits per heavy atom. The molecule has 1 heterocycles. The van der Waals surface area contributed by atoms with Crippen molar-refractivity contribution < 1.29 is 4.74 Å². The van der Waals surface area contributed by atoms with E-state index < -0.39 is 0 Å². The number of hydrogen-bond donors (Lipinski definition) is 1. The number of nitrogens with one attached hydrogen (secondary N) is 1. The van der Waals surface area contributed by atoms with Crippen molar-refractivity contribution in [2.75, 3.05) is 39.8 Å². The molecule has 1 aliphatic heterocycles. The van der Waals surface area contributed by atoms with Gasteiger partial charge in [0.2, 0.25) is 0 Å². The smallest absolute Gasteiger partial charge is 0.133 e. The molecule has 6 heteroatoms. The van der Waals surface area contributed by atoms with E-state index in [1.165, 1.54) is 25.9 Å². The molecular formula is C15H23BrCl2N2O. The summed E-state index contributed by atoms with van der Waals surface area (Å²) in [5.74, 6) is 1.70. The van der Waals surface area contributed by atoms with Gasteiger partial charge in [0.05, 0.1) is 4.47 Å². The summed E-state index contributed by atoms with van der Waals surface area (Å²) < 4.78 is 6.72. The highest BCUT2D eigenvalue weighted by atomic mass is 79.9. The molecule has 1 saturated heterocycles. The maximum absolute atomic E-state index is 5.91. The molecule has 0 radical (unpaired) electrons. The lowest BCUT2D eigenvalue weighted by molar-refractivity contribution is 0.154. The van der Waals surface area contributed by atoms with Crippen molar-refractivity contribution in [3.63, 3.8) is 0 Å². The van der Waals surface area contributed by atoms with Crippen LogP contribution >= 0.6 is 39.9 Å². The van der Waals surface area contributed by atoms with Gasteiger partial charge in [-0.2, -0.15) is 0 Å². The van der Waals surface area contributed by atoms with Gasteiger partial charge in [-0.3, -0.25) is 4.90 Å². The molecule has 0 spiro atoms. The number of halogens is 3. The zero-order valence-electron chi connectivity index (χ0n) is 12.3. The highest BCUT2D eigenvalue weighted by molar-refractivity contribution is 9.10. The Morgan fingerprint density at radius 3 is 2.71 bits per heavy atom. The quantitative estimate of drug-likeness (QED) is 0.789. The predicted molar refractivity (Wildman–Crippen MR) is 95.0 cm³/mol. The fraction of sp³-hybridized carbons (Fsp3) is 0.600. The van der Waals surface area contributed by atoms with Crippen LogP contribution < -0.4 is 10.1 Å². The van der Waals surface area contributed by atoms with E-state index in [2.05, 4.69) is 26.1 Å². The van der Waals surface area contributed by atoms with Crippen molar-refractivity contribution in [3.8, 4) is 5.75 Å². The van der Waals surface area contributed by atoms with Gasteiger partial charge in [-0.1, -0.05) is 11.6 Å². The summed E-state index contributed by atoms with van der Waals surface area (Å²) in [6.45, 7) is 5.20. The largest absolute Gasteiger partial charge is 0.491 e. The third-order valence-corrected chi connectivity index (χ3v) is 4.61. The van der Waals surface area contributed by atoms with Gasteiger partial charge in [0.25, 0.3) is 0 Å². The first-order chi connectivity index (χ1) is 9.69. The molecule has 2 rings (SSSR count). The predicted octanol–water partition coefficient (Wildman–Crippen LogP) is 3.83. The van der Waals surface area contributed by atoms with Gasteiger partial charge in [0, 0.05) is 11.6 Å². The molecule has 0 amide bonds. The van der Waals surface area contributed by atoms with E-state index >= 15 is 0 Å². The van der Waals surface area contributed by atoms with Crippen molar-refractivity contribution in [2.45, 2.75) is 12.8 Å². The van der Waals surface area contributed by atoms with Crippen LogP contribution in [0, 0.1) is 5.92 Å². The molecular weight excluding hydrogens is 375 g/mol. The van der Waals surface area contributed by atoms with Crippen molar-refractivity contribution in [1.82, 2.24) is 10.2 Å². The van der Waals surface area contributed by atoms with E-state index in [0.717, 1.165) is 40.9 Å². The third-order valence-electron chi connectivity index (χ3n) is 3.76. The van der Waals surface area contributed by atoms with Gasteiger partial charge < -0.3 is 10.1 Å². The minimum absolute atomic E-state index is 0. The van der Waals surface area contributed by atoms with Gasteiger partial charge in [0.15, 0.2) is 0 Å². The van der Waals surface area contributed by atoms with Crippen LogP contribution in [0.25, 0.3) is 0 Å². The average Bonchev–Trinajstić information content (AvgIpc) is 2.43. The number of rotatable bonds is 6. The van der Waals surface area contributed by atoms with Crippen LogP contribution in [0.1, 0.15) is 12.8 Å². The SMILES string of the molecule is CNCC1CCN(CCOc2ccc(Cl)cc2Br)CC1.Cl. The van der Waals surface area contributed by atoms with Gasteiger partial charge in [-0.25, -0.2) is 0 Å². The van der Waals surface area contributed by atoms with Gasteiger partial charge >= 0.3 is 0 Å². The number of benzene rings is 1. The molecule has 21 heavy (non-hydrogen) atoms. The highest BCUT2D eigenvalue weighted by Gasteiger charge is 2.18. The summed E-state index contributed by atoms with van der Waals surface area (Å²) in [6, 6.07) is 5.62. The fourth-order valence-electron chi connectivity index (χ4n) is 2.58. The van der Waals surface area contributed by atoms with Crippen LogP contribution in [0.3, 0.4) is 0 Å². The van der Waals surface area contributed by atoms with Crippen LogP contribution in [0.2, 0.25) is 5.02 Å². The molecule has 1 aliphatic rings. The second kappa shape index (κ2) is 9.90.